The van der Waals surface area contributed by atoms with Crippen molar-refractivity contribution >= 4 is 56.6 Å². The normalized spacial score (nSPS) is 10.9. The molecule has 0 aliphatic heterocycles. The zero-order chi connectivity index (χ0) is 8.72. The Balaban J connectivity index is 2.88. The van der Waals surface area contributed by atoms with Crippen LogP contribution in [0.4, 0.5) is 0 Å². The molecule has 0 saturated carbocycles. The lowest BCUT2D eigenvalue weighted by molar-refractivity contribution is 1.49. The van der Waals surface area contributed by atoms with Gasteiger partial charge in [-0.05, 0) is 41.6 Å². The van der Waals surface area contributed by atoms with Crippen molar-refractivity contribution in [2.24, 2.45) is 0 Å². The summed E-state index contributed by atoms with van der Waals surface area (Å²) in [7, 11) is 0. The summed E-state index contributed by atoms with van der Waals surface area (Å²) >= 11 is 8.59. The van der Waals surface area contributed by atoms with Crippen molar-refractivity contribution in [2.75, 3.05) is 0 Å². The van der Waals surface area contributed by atoms with Gasteiger partial charge in [-0.3, -0.25) is 0 Å². The summed E-state index contributed by atoms with van der Waals surface area (Å²) in [5.41, 5.74) is 1.30. The monoisotopic (exact) mass is 306 g/mol. The highest BCUT2D eigenvalue weighted by molar-refractivity contribution is 14.1. The number of halogens is 1. The predicted molar refractivity (Wildman–Crippen MR) is 66.5 cm³/mol. The maximum Gasteiger partial charge on any atom is 0.0799 e. The second kappa shape index (κ2) is 3.20. The number of fused-ring (bicyclic) bond motifs is 1. The van der Waals surface area contributed by atoms with E-state index in [1.807, 2.05) is 0 Å². The van der Waals surface area contributed by atoms with E-state index < -0.39 is 0 Å². The van der Waals surface area contributed by atoms with Gasteiger partial charge in [0.05, 0.1) is 2.88 Å². The number of hydrogen-bond acceptors (Lipinski definition) is 2. The molecule has 1 aromatic heterocycles. The van der Waals surface area contributed by atoms with Gasteiger partial charge in [0.25, 0.3) is 0 Å². The first-order chi connectivity index (χ1) is 5.68. The Kier molecular flexibility index (Phi) is 2.35. The Morgan fingerprint density at radius 1 is 1.42 bits per heavy atom. The lowest BCUT2D eigenvalue weighted by atomic mass is 10.2. The molecule has 0 aliphatic carbocycles. The van der Waals surface area contributed by atoms with E-state index in [1.54, 1.807) is 11.3 Å². The Morgan fingerprint density at radius 2 is 2.17 bits per heavy atom. The molecule has 0 spiro atoms. The number of hydrogen-bond donors (Lipinski definition) is 1. The molecule has 0 saturated heterocycles. The molecule has 12 heavy (non-hydrogen) atoms. The summed E-state index contributed by atoms with van der Waals surface area (Å²) in [6.07, 6.45) is 0. The van der Waals surface area contributed by atoms with Gasteiger partial charge in [-0.15, -0.1) is 24.0 Å². The first-order valence-electron chi connectivity index (χ1n) is 3.56. The Morgan fingerprint density at radius 3 is 2.92 bits per heavy atom. The van der Waals surface area contributed by atoms with E-state index in [0.717, 1.165) is 4.90 Å². The number of benzene rings is 1. The quantitative estimate of drug-likeness (QED) is 0.550. The van der Waals surface area contributed by atoms with E-state index in [2.05, 4.69) is 60.3 Å². The van der Waals surface area contributed by atoms with Crippen molar-refractivity contribution in [3.05, 3.63) is 26.6 Å². The minimum atomic E-state index is 1.12. The fraction of sp³-hybridized carbons (Fsp3) is 0.111. The van der Waals surface area contributed by atoms with Crippen molar-refractivity contribution in [1.29, 1.82) is 0 Å². The maximum absolute atomic E-state index is 4.47. The van der Waals surface area contributed by atoms with Gasteiger partial charge in [0.1, 0.15) is 0 Å². The van der Waals surface area contributed by atoms with Crippen molar-refractivity contribution < 1.29 is 0 Å². The average Bonchev–Trinajstić information content (AvgIpc) is 2.31. The first-order valence-corrected chi connectivity index (χ1v) is 5.90. The van der Waals surface area contributed by atoms with Crippen LogP contribution in [-0.2, 0) is 0 Å². The number of thiol groups is 1. The zero-order valence-electron chi connectivity index (χ0n) is 6.47. The molecule has 1 heterocycles. The lowest BCUT2D eigenvalue weighted by Crippen LogP contribution is -1.69. The maximum atomic E-state index is 4.47. The molecule has 0 radical (unpaired) electrons. The molecule has 3 heteroatoms. The standard InChI is InChI=1S/C9H7IS2/c1-5-2-3-7-6(4-5)8(11)9(10)12-7/h2-4,11H,1H3. The third-order valence-electron chi connectivity index (χ3n) is 1.78. The molecule has 2 rings (SSSR count). The molecular weight excluding hydrogens is 299 g/mol. The Labute approximate surface area is 94.5 Å². The zero-order valence-corrected chi connectivity index (χ0v) is 10.3. The Hall–Kier alpha value is 0.260. The minimum Gasteiger partial charge on any atom is -0.141 e. The van der Waals surface area contributed by atoms with Crippen molar-refractivity contribution in [2.45, 2.75) is 11.8 Å². The number of rotatable bonds is 0. The van der Waals surface area contributed by atoms with Gasteiger partial charge >= 0.3 is 0 Å². The van der Waals surface area contributed by atoms with E-state index in [-0.39, 0.29) is 0 Å². The third kappa shape index (κ3) is 1.38. The highest BCUT2D eigenvalue weighted by Crippen LogP contribution is 2.35. The number of thiophene rings is 1. The highest BCUT2D eigenvalue weighted by atomic mass is 127. The van der Waals surface area contributed by atoms with Crippen LogP contribution in [0.2, 0.25) is 0 Å². The van der Waals surface area contributed by atoms with Crippen molar-refractivity contribution in [1.82, 2.24) is 0 Å². The molecule has 1 aromatic carbocycles. The smallest absolute Gasteiger partial charge is 0.0799 e. The van der Waals surface area contributed by atoms with E-state index in [0.29, 0.717) is 0 Å². The van der Waals surface area contributed by atoms with Crippen LogP contribution in [0.1, 0.15) is 5.56 Å². The molecule has 0 nitrogen and oxygen atoms in total. The Bertz CT molecular complexity index is 431. The molecule has 0 aliphatic rings. The lowest BCUT2D eigenvalue weighted by Gasteiger charge is -1.92. The molecule has 0 fully saturated rings. The van der Waals surface area contributed by atoms with Gasteiger partial charge in [-0.2, -0.15) is 0 Å². The summed E-state index contributed by atoms with van der Waals surface area (Å²) in [6, 6.07) is 6.50. The molecule has 0 N–H and O–H groups in total. The molecule has 0 unspecified atom stereocenters. The van der Waals surface area contributed by atoms with Gasteiger partial charge in [-0.1, -0.05) is 11.6 Å². The summed E-state index contributed by atoms with van der Waals surface area (Å²) < 4.78 is 2.60. The van der Waals surface area contributed by atoms with Gasteiger partial charge in [0.15, 0.2) is 0 Å². The van der Waals surface area contributed by atoms with Crippen LogP contribution in [0.3, 0.4) is 0 Å². The molecular formula is C9H7IS2. The SMILES string of the molecule is Cc1ccc2sc(I)c(S)c2c1. The van der Waals surface area contributed by atoms with E-state index in [1.165, 1.54) is 18.5 Å². The molecule has 2 aromatic rings. The number of aryl methyl sites for hydroxylation is 1. The van der Waals surface area contributed by atoms with Crippen LogP contribution in [0.5, 0.6) is 0 Å². The minimum absolute atomic E-state index is 1.12. The molecule has 0 atom stereocenters. The predicted octanol–water partition coefficient (Wildman–Crippen LogP) is 4.10. The summed E-state index contributed by atoms with van der Waals surface area (Å²) in [4.78, 5) is 1.12. The fourth-order valence-corrected chi connectivity index (χ4v) is 3.38. The van der Waals surface area contributed by atoms with Gasteiger partial charge in [0, 0.05) is 15.0 Å². The fourth-order valence-electron chi connectivity index (χ4n) is 1.17. The highest BCUT2D eigenvalue weighted by Gasteiger charge is 2.05. The van der Waals surface area contributed by atoms with E-state index in [9.17, 15) is 0 Å². The topological polar surface area (TPSA) is 0 Å². The second-order valence-electron chi connectivity index (χ2n) is 2.72. The summed E-state index contributed by atoms with van der Waals surface area (Å²) in [6.45, 7) is 2.11. The van der Waals surface area contributed by atoms with Crippen LogP contribution in [0, 0.1) is 9.81 Å². The third-order valence-corrected chi connectivity index (χ3v) is 4.98. The van der Waals surface area contributed by atoms with Gasteiger partial charge in [0.2, 0.25) is 0 Å². The van der Waals surface area contributed by atoms with E-state index >= 15 is 0 Å². The summed E-state index contributed by atoms with van der Waals surface area (Å²) in [5, 5.41) is 1.28. The largest absolute Gasteiger partial charge is 0.141 e. The van der Waals surface area contributed by atoms with Crippen molar-refractivity contribution in [3.8, 4) is 0 Å². The summed E-state index contributed by atoms with van der Waals surface area (Å²) in [5.74, 6) is 0. The van der Waals surface area contributed by atoms with E-state index in [4.69, 9.17) is 0 Å². The van der Waals surface area contributed by atoms with Gasteiger partial charge in [-0.25, -0.2) is 0 Å². The van der Waals surface area contributed by atoms with Crippen LogP contribution >= 0.6 is 46.6 Å². The van der Waals surface area contributed by atoms with Crippen molar-refractivity contribution in [3.63, 3.8) is 0 Å². The first kappa shape index (κ1) is 8.84. The van der Waals surface area contributed by atoms with Crippen LogP contribution < -0.4 is 0 Å². The van der Waals surface area contributed by atoms with Crippen LogP contribution in [-0.4, -0.2) is 0 Å². The molecule has 0 bridgehead atoms. The van der Waals surface area contributed by atoms with Gasteiger partial charge < -0.3 is 0 Å². The molecule has 62 valence electrons. The van der Waals surface area contributed by atoms with Crippen LogP contribution in [0.25, 0.3) is 10.1 Å². The molecule has 0 amide bonds. The van der Waals surface area contributed by atoms with Crippen LogP contribution in [0.15, 0.2) is 23.1 Å². The average molecular weight is 306 g/mol. The second-order valence-corrected chi connectivity index (χ2v) is 6.03.